The van der Waals surface area contributed by atoms with Gasteiger partial charge in [0.05, 0.1) is 25.5 Å². The highest BCUT2D eigenvalue weighted by Gasteiger charge is 2.24. The van der Waals surface area contributed by atoms with E-state index in [2.05, 4.69) is 33.1 Å². The van der Waals surface area contributed by atoms with E-state index in [1.54, 1.807) is 6.20 Å². The Morgan fingerprint density at radius 3 is 2.54 bits per heavy atom. The van der Waals surface area contributed by atoms with Crippen LogP contribution in [0, 0.1) is 5.92 Å². The van der Waals surface area contributed by atoms with Crippen molar-refractivity contribution in [1.82, 2.24) is 15.0 Å². The lowest BCUT2D eigenvalue weighted by Gasteiger charge is -2.33. The molecule has 1 unspecified atom stereocenters. The normalized spacial score (nSPS) is 20.1. The molecule has 0 bridgehead atoms. The fourth-order valence-corrected chi connectivity index (χ4v) is 4.76. The molecule has 2 saturated heterocycles. The fraction of sp³-hybridized carbons (Fsp3) is 0.444. The number of aromatic nitrogens is 3. The molecule has 0 spiro atoms. The molecule has 1 N–H and O–H groups in total. The largest absolute Gasteiger partial charge is 0.490 e. The van der Waals surface area contributed by atoms with Gasteiger partial charge in [-0.25, -0.2) is 9.97 Å². The van der Waals surface area contributed by atoms with Gasteiger partial charge in [0.15, 0.2) is 17.3 Å². The van der Waals surface area contributed by atoms with Crippen molar-refractivity contribution in [1.29, 1.82) is 0 Å². The quantitative estimate of drug-likeness (QED) is 0.494. The Labute approximate surface area is 207 Å². The minimum absolute atomic E-state index is 0.0602. The molecule has 2 atom stereocenters. The third-order valence-electron chi connectivity index (χ3n) is 6.51. The van der Waals surface area contributed by atoms with Crippen LogP contribution >= 0.6 is 0 Å². The molecule has 8 heteroatoms. The highest BCUT2D eigenvalue weighted by molar-refractivity contribution is 5.56. The summed E-state index contributed by atoms with van der Waals surface area (Å²) in [5.41, 5.74) is 0. The zero-order chi connectivity index (χ0) is 24.0. The Balaban J connectivity index is 1.25. The minimum Gasteiger partial charge on any atom is -0.490 e. The summed E-state index contributed by atoms with van der Waals surface area (Å²) in [6.45, 7) is 8.67. The first-order chi connectivity index (χ1) is 17.2. The summed E-state index contributed by atoms with van der Waals surface area (Å²) < 4.78 is 12.1. The number of ether oxygens (including phenoxy) is 2. The molecule has 2 aromatic heterocycles. The van der Waals surface area contributed by atoms with Gasteiger partial charge in [0.2, 0.25) is 0 Å². The Morgan fingerprint density at radius 2 is 1.71 bits per heavy atom. The molecule has 5 rings (SSSR count). The van der Waals surface area contributed by atoms with Crippen LogP contribution in [0.1, 0.15) is 33.1 Å². The SMILES string of the molecule is CCOc1ccccc1O[C@@H]1CCCN(c2cncc(Nc3cccc(N4CCC(C)C4)n3)n2)C1. The lowest BCUT2D eigenvalue weighted by molar-refractivity contribution is 0.170. The standard InChI is InChI=1S/C27H34N6O2/c1-3-34-22-9-4-5-10-23(22)35-21-8-7-14-32(19-21)27-17-28-16-25(31-27)29-24-11-6-12-26(30-24)33-15-13-20(2)18-33/h4-6,9-12,16-17,20-21H,3,7-8,13-15,18-19H2,1-2H3,(H,29,30,31)/t20?,21-/m1/s1. The third kappa shape index (κ3) is 5.75. The van der Waals surface area contributed by atoms with Crippen molar-refractivity contribution < 1.29 is 9.47 Å². The molecule has 0 radical (unpaired) electrons. The molecule has 3 aromatic rings. The number of para-hydroxylation sites is 2. The molecule has 2 fully saturated rings. The van der Waals surface area contributed by atoms with Crippen LogP contribution < -0.4 is 24.6 Å². The second-order valence-electron chi connectivity index (χ2n) is 9.32. The first kappa shape index (κ1) is 23.2. The van der Waals surface area contributed by atoms with Crippen LogP contribution in [0.4, 0.5) is 23.3 Å². The van der Waals surface area contributed by atoms with Crippen LogP contribution in [0.5, 0.6) is 11.5 Å². The number of benzene rings is 1. The maximum absolute atomic E-state index is 6.34. The van der Waals surface area contributed by atoms with Gasteiger partial charge in [-0.05, 0) is 56.4 Å². The van der Waals surface area contributed by atoms with E-state index in [0.717, 1.165) is 68.0 Å². The van der Waals surface area contributed by atoms with E-state index in [1.807, 2.05) is 49.5 Å². The lowest BCUT2D eigenvalue weighted by atomic mass is 10.1. The molecule has 1 aromatic carbocycles. The Hall–Kier alpha value is -3.55. The van der Waals surface area contributed by atoms with Crippen molar-refractivity contribution in [2.75, 3.05) is 47.9 Å². The van der Waals surface area contributed by atoms with E-state index in [0.29, 0.717) is 18.3 Å². The van der Waals surface area contributed by atoms with Crippen LogP contribution in [0.15, 0.2) is 54.9 Å². The van der Waals surface area contributed by atoms with Gasteiger partial charge < -0.3 is 24.6 Å². The molecule has 35 heavy (non-hydrogen) atoms. The Morgan fingerprint density at radius 1 is 0.886 bits per heavy atom. The van der Waals surface area contributed by atoms with Crippen LogP contribution in [0.25, 0.3) is 0 Å². The predicted octanol–water partition coefficient (Wildman–Crippen LogP) is 4.91. The van der Waals surface area contributed by atoms with Crippen LogP contribution in [-0.4, -0.2) is 53.8 Å². The molecule has 0 amide bonds. The number of hydrogen-bond donors (Lipinski definition) is 1. The van der Waals surface area contributed by atoms with E-state index < -0.39 is 0 Å². The van der Waals surface area contributed by atoms with Gasteiger partial charge >= 0.3 is 0 Å². The van der Waals surface area contributed by atoms with E-state index in [1.165, 1.54) is 6.42 Å². The van der Waals surface area contributed by atoms with Gasteiger partial charge in [0.1, 0.15) is 23.6 Å². The summed E-state index contributed by atoms with van der Waals surface area (Å²) in [5.74, 6) is 5.60. The molecule has 2 aliphatic heterocycles. The van der Waals surface area contributed by atoms with Gasteiger partial charge in [-0.1, -0.05) is 25.1 Å². The third-order valence-corrected chi connectivity index (χ3v) is 6.51. The average molecular weight is 475 g/mol. The van der Waals surface area contributed by atoms with Crippen molar-refractivity contribution in [2.24, 2.45) is 5.92 Å². The first-order valence-electron chi connectivity index (χ1n) is 12.6. The van der Waals surface area contributed by atoms with E-state index in [-0.39, 0.29) is 6.10 Å². The summed E-state index contributed by atoms with van der Waals surface area (Å²) in [6, 6.07) is 14.0. The molecule has 0 aliphatic carbocycles. The smallest absolute Gasteiger partial charge is 0.161 e. The zero-order valence-corrected chi connectivity index (χ0v) is 20.6. The highest BCUT2D eigenvalue weighted by Crippen LogP contribution is 2.30. The Bertz CT molecular complexity index is 1130. The maximum Gasteiger partial charge on any atom is 0.161 e. The van der Waals surface area contributed by atoms with Crippen LogP contribution in [-0.2, 0) is 0 Å². The monoisotopic (exact) mass is 474 g/mol. The number of piperidine rings is 1. The van der Waals surface area contributed by atoms with Gasteiger partial charge in [0, 0.05) is 19.6 Å². The molecule has 184 valence electrons. The number of nitrogens with zero attached hydrogens (tertiary/aromatic N) is 5. The second kappa shape index (κ2) is 10.8. The first-order valence-corrected chi connectivity index (χ1v) is 12.6. The summed E-state index contributed by atoms with van der Waals surface area (Å²) in [6.07, 6.45) is 6.85. The number of anilines is 4. The summed E-state index contributed by atoms with van der Waals surface area (Å²) in [7, 11) is 0. The lowest BCUT2D eigenvalue weighted by Crippen LogP contribution is -2.41. The maximum atomic E-state index is 6.34. The number of pyridine rings is 1. The molecule has 4 heterocycles. The summed E-state index contributed by atoms with van der Waals surface area (Å²) in [5, 5.41) is 3.35. The highest BCUT2D eigenvalue weighted by atomic mass is 16.5. The van der Waals surface area contributed by atoms with Crippen LogP contribution in [0.3, 0.4) is 0 Å². The minimum atomic E-state index is 0.0602. The number of nitrogens with one attached hydrogen (secondary N) is 1. The second-order valence-corrected chi connectivity index (χ2v) is 9.32. The topological polar surface area (TPSA) is 75.6 Å². The van der Waals surface area contributed by atoms with Crippen molar-refractivity contribution in [3.63, 3.8) is 0 Å². The van der Waals surface area contributed by atoms with Crippen molar-refractivity contribution >= 4 is 23.3 Å². The van der Waals surface area contributed by atoms with E-state index in [9.17, 15) is 0 Å². The fourth-order valence-electron chi connectivity index (χ4n) is 4.76. The van der Waals surface area contributed by atoms with Crippen LogP contribution in [0.2, 0.25) is 0 Å². The predicted molar refractivity (Wildman–Crippen MR) is 139 cm³/mol. The molecular formula is C27H34N6O2. The van der Waals surface area contributed by atoms with Crippen molar-refractivity contribution in [2.45, 2.75) is 39.2 Å². The molecule has 0 saturated carbocycles. The molecule has 8 nitrogen and oxygen atoms in total. The molecule has 2 aliphatic rings. The van der Waals surface area contributed by atoms with Gasteiger partial charge in [0.25, 0.3) is 0 Å². The van der Waals surface area contributed by atoms with Crippen molar-refractivity contribution in [3.8, 4) is 11.5 Å². The van der Waals surface area contributed by atoms with Gasteiger partial charge in [-0.3, -0.25) is 4.98 Å². The Kier molecular flexibility index (Phi) is 7.16. The average Bonchev–Trinajstić information content (AvgIpc) is 3.32. The number of hydrogen-bond acceptors (Lipinski definition) is 8. The van der Waals surface area contributed by atoms with E-state index >= 15 is 0 Å². The van der Waals surface area contributed by atoms with Gasteiger partial charge in [-0.15, -0.1) is 0 Å². The molecular weight excluding hydrogens is 440 g/mol. The van der Waals surface area contributed by atoms with Gasteiger partial charge in [-0.2, -0.15) is 0 Å². The van der Waals surface area contributed by atoms with E-state index in [4.69, 9.17) is 19.4 Å². The zero-order valence-electron chi connectivity index (χ0n) is 20.6. The number of rotatable bonds is 8. The summed E-state index contributed by atoms with van der Waals surface area (Å²) in [4.78, 5) is 18.7. The van der Waals surface area contributed by atoms with Crippen molar-refractivity contribution in [3.05, 3.63) is 54.9 Å². The summed E-state index contributed by atoms with van der Waals surface area (Å²) >= 11 is 0.